The zero-order chi connectivity index (χ0) is 19.3. The lowest BCUT2D eigenvalue weighted by atomic mass is 9.97. The first-order valence-electron chi connectivity index (χ1n) is 8.80. The summed E-state index contributed by atoms with van der Waals surface area (Å²) in [5, 5.41) is 11.8. The zero-order valence-electron chi connectivity index (χ0n) is 15.1. The smallest absolute Gasteiger partial charge is 0.326 e. The average Bonchev–Trinajstić information content (AvgIpc) is 2.61. The fourth-order valence-corrected chi connectivity index (χ4v) is 4.64. The largest absolute Gasteiger partial charge is 0.480 e. The Kier molecular flexibility index (Phi) is 6.77. The molecular weight excluding hydrogens is 356 g/mol. The number of rotatable bonds is 7. The van der Waals surface area contributed by atoms with E-state index in [2.05, 4.69) is 5.32 Å². The standard InChI is InChI=1S/C18H26N2O5S/c1-13(2)11-16(18(22)23)19-17(21)14-7-6-10-20(12-14)26(24,25)15-8-4-3-5-9-15/h3-5,8-9,13-14,16H,6-7,10-12H2,1-2H3,(H,19,21)(H,22,23)/t14-,16+/m1/s1. The maximum Gasteiger partial charge on any atom is 0.326 e. The van der Waals surface area contributed by atoms with Crippen molar-refractivity contribution in [3.63, 3.8) is 0 Å². The Bertz CT molecular complexity index is 733. The molecule has 0 saturated carbocycles. The molecule has 0 bridgehead atoms. The SMILES string of the molecule is CC(C)C[C@H](NC(=O)[C@@H]1CCCN(S(=O)(=O)c2ccccc2)C1)C(=O)O. The van der Waals surface area contributed by atoms with Crippen LogP contribution in [0.2, 0.25) is 0 Å². The van der Waals surface area contributed by atoms with E-state index in [1.807, 2.05) is 13.8 Å². The molecule has 0 unspecified atom stereocenters. The highest BCUT2D eigenvalue weighted by Gasteiger charge is 2.34. The zero-order valence-corrected chi connectivity index (χ0v) is 15.9. The van der Waals surface area contributed by atoms with Crippen LogP contribution in [-0.2, 0) is 19.6 Å². The van der Waals surface area contributed by atoms with Crippen LogP contribution < -0.4 is 5.32 Å². The molecule has 1 aliphatic heterocycles. The molecule has 0 spiro atoms. The second kappa shape index (κ2) is 8.64. The van der Waals surface area contributed by atoms with Crippen molar-refractivity contribution in [3.8, 4) is 0 Å². The molecule has 2 N–H and O–H groups in total. The number of hydrogen-bond donors (Lipinski definition) is 2. The fourth-order valence-electron chi connectivity index (χ4n) is 3.10. The lowest BCUT2D eigenvalue weighted by molar-refractivity contribution is -0.143. The van der Waals surface area contributed by atoms with Gasteiger partial charge in [0.05, 0.1) is 10.8 Å². The van der Waals surface area contributed by atoms with Crippen LogP contribution in [0.4, 0.5) is 0 Å². The van der Waals surface area contributed by atoms with Gasteiger partial charge in [-0.2, -0.15) is 4.31 Å². The predicted molar refractivity (Wildman–Crippen MR) is 96.9 cm³/mol. The van der Waals surface area contributed by atoms with E-state index in [-0.39, 0.29) is 17.4 Å². The molecule has 0 radical (unpaired) electrons. The molecule has 26 heavy (non-hydrogen) atoms. The van der Waals surface area contributed by atoms with Crippen LogP contribution >= 0.6 is 0 Å². The van der Waals surface area contributed by atoms with Gasteiger partial charge in [0.15, 0.2) is 0 Å². The van der Waals surface area contributed by atoms with Crippen LogP contribution in [0.3, 0.4) is 0 Å². The first-order valence-corrected chi connectivity index (χ1v) is 10.2. The second-order valence-corrected chi connectivity index (χ2v) is 8.98. The number of hydrogen-bond acceptors (Lipinski definition) is 4. The van der Waals surface area contributed by atoms with Crippen LogP contribution in [-0.4, -0.2) is 48.8 Å². The van der Waals surface area contributed by atoms with Crippen LogP contribution in [0, 0.1) is 11.8 Å². The predicted octanol–water partition coefficient (Wildman–Crippen LogP) is 1.70. The van der Waals surface area contributed by atoms with Crippen LogP contribution in [0.15, 0.2) is 35.2 Å². The summed E-state index contributed by atoms with van der Waals surface area (Å²) in [4.78, 5) is 24.0. The Morgan fingerprint density at radius 3 is 2.50 bits per heavy atom. The molecule has 144 valence electrons. The average molecular weight is 382 g/mol. The summed E-state index contributed by atoms with van der Waals surface area (Å²) in [6.07, 6.45) is 1.44. The summed E-state index contributed by atoms with van der Waals surface area (Å²) in [6.45, 7) is 4.19. The van der Waals surface area contributed by atoms with Crippen LogP contribution in [0.1, 0.15) is 33.1 Å². The van der Waals surface area contributed by atoms with Gasteiger partial charge in [-0.25, -0.2) is 13.2 Å². The molecule has 2 rings (SSSR count). The maximum atomic E-state index is 12.7. The van der Waals surface area contributed by atoms with Gasteiger partial charge in [0.25, 0.3) is 0 Å². The number of carboxylic acids is 1. The molecule has 1 aromatic carbocycles. The number of carbonyl (C=O) groups excluding carboxylic acids is 1. The van der Waals surface area contributed by atoms with E-state index < -0.39 is 33.9 Å². The van der Waals surface area contributed by atoms with E-state index in [4.69, 9.17) is 0 Å². The first-order chi connectivity index (χ1) is 12.2. The third-order valence-electron chi connectivity index (χ3n) is 4.46. The molecular formula is C18H26N2O5S. The van der Waals surface area contributed by atoms with Crippen molar-refractivity contribution in [1.82, 2.24) is 9.62 Å². The Hall–Kier alpha value is -1.93. The van der Waals surface area contributed by atoms with Crippen molar-refractivity contribution in [2.45, 2.75) is 44.0 Å². The Balaban J connectivity index is 2.07. The van der Waals surface area contributed by atoms with Crippen molar-refractivity contribution in [3.05, 3.63) is 30.3 Å². The van der Waals surface area contributed by atoms with E-state index in [0.717, 1.165) is 0 Å². The molecule has 1 saturated heterocycles. The Morgan fingerprint density at radius 2 is 1.92 bits per heavy atom. The van der Waals surface area contributed by atoms with Gasteiger partial charge in [0, 0.05) is 13.1 Å². The molecule has 1 amide bonds. The minimum absolute atomic E-state index is 0.0665. The molecule has 1 aliphatic rings. The minimum Gasteiger partial charge on any atom is -0.480 e. The first kappa shape index (κ1) is 20.4. The van der Waals surface area contributed by atoms with E-state index in [1.54, 1.807) is 18.2 Å². The van der Waals surface area contributed by atoms with Crippen LogP contribution in [0.5, 0.6) is 0 Å². The van der Waals surface area contributed by atoms with Gasteiger partial charge in [-0.05, 0) is 37.3 Å². The fraction of sp³-hybridized carbons (Fsp3) is 0.556. The molecule has 1 fully saturated rings. The highest BCUT2D eigenvalue weighted by atomic mass is 32.2. The number of nitrogens with one attached hydrogen (secondary N) is 1. The van der Waals surface area contributed by atoms with E-state index in [0.29, 0.717) is 25.8 Å². The van der Waals surface area contributed by atoms with Gasteiger partial charge in [0.2, 0.25) is 15.9 Å². The number of piperidine rings is 1. The van der Waals surface area contributed by atoms with Crippen molar-refractivity contribution in [2.24, 2.45) is 11.8 Å². The van der Waals surface area contributed by atoms with Crippen LogP contribution in [0.25, 0.3) is 0 Å². The lowest BCUT2D eigenvalue weighted by Crippen LogP contribution is -2.49. The van der Waals surface area contributed by atoms with Crippen molar-refractivity contribution >= 4 is 21.9 Å². The topological polar surface area (TPSA) is 104 Å². The summed E-state index contributed by atoms with van der Waals surface area (Å²) in [6, 6.07) is 7.16. The normalized spacial score (nSPS) is 19.9. The molecule has 1 aromatic rings. The van der Waals surface area contributed by atoms with Gasteiger partial charge in [-0.1, -0.05) is 32.0 Å². The summed E-state index contributed by atoms with van der Waals surface area (Å²) >= 11 is 0. The van der Waals surface area contributed by atoms with Gasteiger partial charge in [-0.15, -0.1) is 0 Å². The number of carboxylic acid groups (broad SMARTS) is 1. The summed E-state index contributed by atoms with van der Waals surface area (Å²) < 4.78 is 26.8. The summed E-state index contributed by atoms with van der Waals surface area (Å²) in [7, 11) is -3.66. The molecule has 7 nitrogen and oxygen atoms in total. The number of amides is 1. The highest BCUT2D eigenvalue weighted by molar-refractivity contribution is 7.89. The monoisotopic (exact) mass is 382 g/mol. The lowest BCUT2D eigenvalue weighted by Gasteiger charge is -2.32. The highest BCUT2D eigenvalue weighted by Crippen LogP contribution is 2.24. The molecule has 2 atom stereocenters. The number of nitrogens with zero attached hydrogens (tertiary/aromatic N) is 1. The number of benzene rings is 1. The molecule has 0 aliphatic carbocycles. The van der Waals surface area contributed by atoms with Gasteiger partial charge >= 0.3 is 5.97 Å². The molecule has 1 heterocycles. The quantitative estimate of drug-likeness (QED) is 0.747. The van der Waals surface area contributed by atoms with Gasteiger partial charge < -0.3 is 10.4 Å². The third-order valence-corrected chi connectivity index (χ3v) is 6.34. The van der Waals surface area contributed by atoms with Crippen molar-refractivity contribution in [1.29, 1.82) is 0 Å². The second-order valence-electron chi connectivity index (χ2n) is 7.04. The van der Waals surface area contributed by atoms with Gasteiger partial charge in [-0.3, -0.25) is 4.79 Å². The third kappa shape index (κ3) is 5.04. The molecule has 0 aromatic heterocycles. The Morgan fingerprint density at radius 1 is 1.27 bits per heavy atom. The number of sulfonamides is 1. The summed E-state index contributed by atoms with van der Waals surface area (Å²) in [5.74, 6) is -1.89. The van der Waals surface area contributed by atoms with E-state index in [9.17, 15) is 23.1 Å². The summed E-state index contributed by atoms with van der Waals surface area (Å²) in [5.41, 5.74) is 0. The van der Waals surface area contributed by atoms with Crippen molar-refractivity contribution in [2.75, 3.05) is 13.1 Å². The number of aliphatic carboxylic acids is 1. The minimum atomic E-state index is -3.66. The van der Waals surface area contributed by atoms with E-state index >= 15 is 0 Å². The Labute approximate surface area is 154 Å². The van der Waals surface area contributed by atoms with Crippen molar-refractivity contribution < 1.29 is 23.1 Å². The van der Waals surface area contributed by atoms with Gasteiger partial charge in [0.1, 0.15) is 6.04 Å². The maximum absolute atomic E-state index is 12.7. The molecule has 8 heteroatoms. The number of carbonyl (C=O) groups is 2. The van der Waals surface area contributed by atoms with E-state index in [1.165, 1.54) is 16.4 Å².